The monoisotopic (exact) mass is 181 g/mol. The summed E-state index contributed by atoms with van der Waals surface area (Å²) in [6, 6.07) is 0. The average molecular weight is 181 g/mol. The summed E-state index contributed by atoms with van der Waals surface area (Å²) in [5.41, 5.74) is 0. The molecule has 0 spiro atoms. The Kier molecular flexibility index (Phi) is 2.10. The van der Waals surface area contributed by atoms with E-state index in [-0.39, 0.29) is 18.1 Å². The van der Waals surface area contributed by atoms with Crippen molar-refractivity contribution in [2.24, 2.45) is 11.8 Å². The van der Waals surface area contributed by atoms with Gasteiger partial charge >= 0.3 is 0 Å². The van der Waals surface area contributed by atoms with Crippen LogP contribution in [0.3, 0.4) is 0 Å². The number of nitrogens with zero attached hydrogens (tertiary/aromatic N) is 1. The Morgan fingerprint density at radius 2 is 2.08 bits per heavy atom. The molecule has 1 aliphatic carbocycles. The van der Waals surface area contributed by atoms with Crippen molar-refractivity contribution in [2.45, 2.75) is 26.2 Å². The molecule has 3 heteroatoms. The van der Waals surface area contributed by atoms with Crippen LogP contribution in [0.2, 0.25) is 0 Å². The van der Waals surface area contributed by atoms with E-state index in [0.29, 0.717) is 12.5 Å². The lowest BCUT2D eigenvalue weighted by molar-refractivity contribution is -0.128. The molecule has 3 nitrogen and oxygen atoms in total. The molecule has 0 bridgehead atoms. The van der Waals surface area contributed by atoms with Crippen molar-refractivity contribution in [1.82, 2.24) is 4.90 Å². The molecule has 2 aliphatic rings. The molecule has 0 aromatic rings. The number of amides is 1. The van der Waals surface area contributed by atoms with Crippen LogP contribution in [0.1, 0.15) is 26.2 Å². The lowest BCUT2D eigenvalue weighted by atomic mass is 9.76. The highest BCUT2D eigenvalue weighted by Crippen LogP contribution is 2.33. The highest BCUT2D eigenvalue weighted by atomic mass is 16.2. The van der Waals surface area contributed by atoms with Gasteiger partial charge < -0.3 is 4.90 Å². The van der Waals surface area contributed by atoms with Crippen LogP contribution in [0.4, 0.5) is 0 Å². The smallest absolute Gasteiger partial charge is 0.230 e. The minimum atomic E-state index is 0.0320. The van der Waals surface area contributed by atoms with E-state index in [0.717, 1.165) is 12.5 Å². The molecule has 0 radical (unpaired) electrons. The number of Topliss-reactive ketones (excluding diaryl/α,β-unsaturated/α-hetero) is 1. The van der Waals surface area contributed by atoms with Crippen molar-refractivity contribution in [3.63, 3.8) is 0 Å². The topological polar surface area (TPSA) is 37.4 Å². The zero-order chi connectivity index (χ0) is 9.42. The van der Waals surface area contributed by atoms with Gasteiger partial charge in [-0.1, -0.05) is 6.92 Å². The fraction of sp³-hybridized carbons (Fsp3) is 0.800. The Balaban J connectivity index is 1.82. The first-order chi connectivity index (χ1) is 6.15. The second kappa shape index (κ2) is 3.13. The van der Waals surface area contributed by atoms with E-state index in [4.69, 9.17) is 0 Å². The second-order valence-electron chi connectivity index (χ2n) is 4.43. The van der Waals surface area contributed by atoms with Crippen LogP contribution in [0, 0.1) is 11.8 Å². The van der Waals surface area contributed by atoms with Crippen LogP contribution >= 0.6 is 0 Å². The first kappa shape index (κ1) is 8.73. The van der Waals surface area contributed by atoms with Crippen molar-refractivity contribution < 1.29 is 9.59 Å². The molecule has 2 fully saturated rings. The summed E-state index contributed by atoms with van der Waals surface area (Å²) in [4.78, 5) is 23.9. The van der Waals surface area contributed by atoms with Gasteiger partial charge in [-0.3, -0.25) is 9.59 Å². The zero-order valence-electron chi connectivity index (χ0n) is 7.95. The van der Waals surface area contributed by atoms with Crippen molar-refractivity contribution >= 4 is 11.7 Å². The van der Waals surface area contributed by atoms with Crippen LogP contribution in [-0.2, 0) is 9.59 Å². The summed E-state index contributed by atoms with van der Waals surface area (Å²) >= 11 is 0. The predicted octanol–water partition coefficient (Wildman–Crippen LogP) is 0.834. The number of rotatable bonds is 2. The van der Waals surface area contributed by atoms with Crippen molar-refractivity contribution in [3.05, 3.63) is 0 Å². The number of hydrogen-bond acceptors (Lipinski definition) is 2. The highest BCUT2D eigenvalue weighted by molar-refractivity contribution is 6.05. The molecular formula is C10H15NO2. The van der Waals surface area contributed by atoms with E-state index in [9.17, 15) is 9.59 Å². The molecule has 0 aromatic carbocycles. The maximum absolute atomic E-state index is 11.2. The van der Waals surface area contributed by atoms with Gasteiger partial charge in [0.15, 0.2) is 5.78 Å². The Hall–Kier alpha value is -0.860. The molecule has 1 saturated carbocycles. The van der Waals surface area contributed by atoms with Crippen molar-refractivity contribution in [1.29, 1.82) is 0 Å². The minimum Gasteiger partial charge on any atom is -0.335 e. The Bertz CT molecular complexity index is 243. The molecule has 1 aliphatic heterocycles. The standard InChI is InChI=1S/C10H15NO2/c1-7-2-8(3-7)5-11-6-9(12)4-10(11)13/h7-8H,2-6H2,1H3. The van der Waals surface area contributed by atoms with Crippen molar-refractivity contribution in [2.75, 3.05) is 13.1 Å². The SMILES string of the molecule is CC1CC(CN2CC(=O)CC2=O)C1. The number of hydrogen-bond donors (Lipinski definition) is 0. The van der Waals surface area contributed by atoms with Gasteiger partial charge in [0, 0.05) is 6.54 Å². The quantitative estimate of drug-likeness (QED) is 0.592. The van der Waals surface area contributed by atoms with Gasteiger partial charge in [0.25, 0.3) is 0 Å². The van der Waals surface area contributed by atoms with Crippen LogP contribution in [0.25, 0.3) is 0 Å². The Morgan fingerprint density at radius 1 is 1.38 bits per heavy atom. The van der Waals surface area contributed by atoms with E-state index in [2.05, 4.69) is 6.92 Å². The molecule has 1 heterocycles. The average Bonchev–Trinajstić information content (AvgIpc) is 2.27. The van der Waals surface area contributed by atoms with Gasteiger partial charge in [-0.15, -0.1) is 0 Å². The predicted molar refractivity (Wildman–Crippen MR) is 48.1 cm³/mol. The van der Waals surface area contributed by atoms with E-state index in [1.165, 1.54) is 12.8 Å². The molecule has 72 valence electrons. The van der Waals surface area contributed by atoms with Crippen LogP contribution < -0.4 is 0 Å². The summed E-state index contributed by atoms with van der Waals surface area (Å²) in [6.07, 6.45) is 2.58. The minimum absolute atomic E-state index is 0.0320. The molecule has 0 aromatic heterocycles. The zero-order valence-corrected chi connectivity index (χ0v) is 7.95. The second-order valence-corrected chi connectivity index (χ2v) is 4.43. The van der Waals surface area contributed by atoms with Crippen LogP contribution in [-0.4, -0.2) is 29.7 Å². The van der Waals surface area contributed by atoms with Gasteiger partial charge in [-0.2, -0.15) is 0 Å². The summed E-state index contributed by atoms with van der Waals surface area (Å²) in [5, 5.41) is 0. The number of carbonyl (C=O) groups excluding carboxylic acids is 2. The maximum Gasteiger partial charge on any atom is 0.230 e. The van der Waals surface area contributed by atoms with E-state index in [1.54, 1.807) is 4.90 Å². The fourth-order valence-electron chi connectivity index (χ4n) is 2.33. The first-order valence-electron chi connectivity index (χ1n) is 4.94. The molecule has 0 atom stereocenters. The molecule has 1 saturated heterocycles. The molecular weight excluding hydrogens is 166 g/mol. The van der Waals surface area contributed by atoms with Gasteiger partial charge in [0.1, 0.15) is 0 Å². The lowest BCUT2D eigenvalue weighted by Gasteiger charge is -2.35. The molecule has 13 heavy (non-hydrogen) atoms. The lowest BCUT2D eigenvalue weighted by Crippen LogP contribution is -2.36. The normalized spacial score (nSPS) is 33.8. The Morgan fingerprint density at radius 3 is 2.54 bits per heavy atom. The third kappa shape index (κ3) is 1.74. The van der Waals surface area contributed by atoms with E-state index < -0.39 is 0 Å². The largest absolute Gasteiger partial charge is 0.335 e. The summed E-state index contributed by atoms with van der Waals surface area (Å²) in [5.74, 6) is 1.59. The molecule has 1 amide bonds. The summed E-state index contributed by atoms with van der Waals surface area (Å²) < 4.78 is 0. The van der Waals surface area contributed by atoms with E-state index >= 15 is 0 Å². The number of carbonyl (C=O) groups is 2. The van der Waals surface area contributed by atoms with Crippen molar-refractivity contribution in [3.8, 4) is 0 Å². The first-order valence-corrected chi connectivity index (χ1v) is 4.94. The summed E-state index contributed by atoms with van der Waals surface area (Å²) in [7, 11) is 0. The third-order valence-corrected chi connectivity index (χ3v) is 3.02. The summed E-state index contributed by atoms with van der Waals surface area (Å²) in [6.45, 7) is 3.41. The molecule has 0 N–H and O–H groups in total. The maximum atomic E-state index is 11.2. The van der Waals surface area contributed by atoms with Crippen LogP contribution in [0.5, 0.6) is 0 Å². The number of ketones is 1. The molecule has 0 unspecified atom stereocenters. The van der Waals surface area contributed by atoms with Gasteiger partial charge in [-0.05, 0) is 24.7 Å². The fourth-order valence-corrected chi connectivity index (χ4v) is 2.33. The van der Waals surface area contributed by atoms with E-state index in [1.807, 2.05) is 0 Å². The Labute approximate surface area is 78.1 Å². The molecule has 2 rings (SSSR count). The van der Waals surface area contributed by atoms with Crippen LogP contribution in [0.15, 0.2) is 0 Å². The van der Waals surface area contributed by atoms with Gasteiger partial charge in [0.2, 0.25) is 5.91 Å². The van der Waals surface area contributed by atoms with Gasteiger partial charge in [0.05, 0.1) is 13.0 Å². The highest BCUT2D eigenvalue weighted by Gasteiger charge is 2.33. The van der Waals surface area contributed by atoms with Gasteiger partial charge in [-0.25, -0.2) is 0 Å². The third-order valence-electron chi connectivity index (χ3n) is 3.02. The number of likely N-dealkylation sites (tertiary alicyclic amines) is 1.